The lowest BCUT2D eigenvalue weighted by Crippen LogP contribution is -2.41. The first-order valence-electron chi connectivity index (χ1n) is 8.71. The molecule has 148 valence electrons. The van der Waals surface area contributed by atoms with Gasteiger partial charge in [0.2, 0.25) is 0 Å². The summed E-state index contributed by atoms with van der Waals surface area (Å²) >= 11 is 0. The van der Waals surface area contributed by atoms with E-state index in [-0.39, 0.29) is 12.1 Å². The molecule has 8 heteroatoms. The average Bonchev–Trinajstić information content (AvgIpc) is 2.91. The van der Waals surface area contributed by atoms with E-state index in [1.165, 1.54) is 13.0 Å². The summed E-state index contributed by atoms with van der Waals surface area (Å²) < 4.78 is 37.4. The van der Waals surface area contributed by atoms with Crippen molar-refractivity contribution in [2.24, 2.45) is 0 Å². The van der Waals surface area contributed by atoms with Crippen molar-refractivity contribution >= 4 is 11.9 Å². The standard InChI is InChI=1S/C20H20F2N2O4/c1-20(13-4-9-16(21)17(22)12-13)18(25)24(19(26)23-20)10-3-11-28-15-7-5-14(27-2)6-8-15/h4-9,12H,3,10-11H2,1-2H3,(H,23,26). The third-order valence-electron chi connectivity index (χ3n) is 4.63. The van der Waals surface area contributed by atoms with Crippen molar-refractivity contribution in [2.45, 2.75) is 18.9 Å². The molecular weight excluding hydrogens is 370 g/mol. The van der Waals surface area contributed by atoms with Gasteiger partial charge in [0.05, 0.1) is 13.7 Å². The van der Waals surface area contributed by atoms with Crippen molar-refractivity contribution in [3.05, 3.63) is 59.7 Å². The van der Waals surface area contributed by atoms with Crippen LogP contribution in [0.2, 0.25) is 0 Å². The number of rotatable bonds is 7. The molecule has 3 amide bonds. The van der Waals surface area contributed by atoms with Crippen molar-refractivity contribution in [3.8, 4) is 11.5 Å². The molecule has 1 fully saturated rings. The van der Waals surface area contributed by atoms with Crippen LogP contribution in [0.1, 0.15) is 18.9 Å². The molecule has 1 saturated heterocycles. The number of amides is 3. The minimum absolute atomic E-state index is 0.139. The predicted molar refractivity (Wildman–Crippen MR) is 97.1 cm³/mol. The Labute approximate surface area is 161 Å². The topological polar surface area (TPSA) is 67.9 Å². The normalized spacial score (nSPS) is 18.9. The SMILES string of the molecule is COc1ccc(OCCCN2C(=O)NC(C)(c3ccc(F)c(F)c3)C2=O)cc1. The average molecular weight is 390 g/mol. The van der Waals surface area contributed by atoms with Crippen molar-refractivity contribution in [2.75, 3.05) is 20.3 Å². The molecule has 1 aliphatic heterocycles. The number of benzene rings is 2. The molecule has 6 nitrogen and oxygen atoms in total. The van der Waals surface area contributed by atoms with Gasteiger partial charge in [0.25, 0.3) is 5.91 Å². The summed E-state index contributed by atoms with van der Waals surface area (Å²) in [5, 5.41) is 2.56. The second kappa shape index (κ2) is 7.84. The second-order valence-corrected chi connectivity index (χ2v) is 6.52. The monoisotopic (exact) mass is 390 g/mol. The predicted octanol–water partition coefficient (Wildman–Crippen LogP) is 3.21. The Morgan fingerprint density at radius 1 is 1.04 bits per heavy atom. The van der Waals surface area contributed by atoms with Crippen LogP contribution in [0.4, 0.5) is 13.6 Å². The molecule has 0 spiro atoms. The van der Waals surface area contributed by atoms with Crippen molar-refractivity contribution < 1.29 is 27.8 Å². The minimum Gasteiger partial charge on any atom is -0.497 e. The van der Waals surface area contributed by atoms with Gasteiger partial charge in [-0.05, 0) is 55.3 Å². The van der Waals surface area contributed by atoms with E-state index in [4.69, 9.17) is 9.47 Å². The van der Waals surface area contributed by atoms with Crippen LogP contribution in [0.3, 0.4) is 0 Å². The highest BCUT2D eigenvalue weighted by Gasteiger charge is 2.48. The van der Waals surface area contributed by atoms with Crippen LogP contribution in [0.15, 0.2) is 42.5 Å². The summed E-state index contributed by atoms with van der Waals surface area (Å²) in [5.74, 6) is -1.26. The third kappa shape index (κ3) is 3.76. The van der Waals surface area contributed by atoms with Crippen LogP contribution in [-0.2, 0) is 10.3 Å². The quantitative estimate of drug-likeness (QED) is 0.582. The van der Waals surface area contributed by atoms with Gasteiger partial charge >= 0.3 is 6.03 Å². The molecule has 2 aromatic carbocycles. The van der Waals surface area contributed by atoms with Gasteiger partial charge in [-0.2, -0.15) is 0 Å². The summed E-state index contributed by atoms with van der Waals surface area (Å²) in [6, 6.07) is 9.60. The molecule has 1 N–H and O–H groups in total. The Balaban J connectivity index is 1.59. The van der Waals surface area contributed by atoms with Crippen LogP contribution in [0.25, 0.3) is 0 Å². The smallest absolute Gasteiger partial charge is 0.325 e. The number of carbonyl (C=O) groups excluding carboxylic acids is 2. The number of carbonyl (C=O) groups is 2. The summed E-state index contributed by atoms with van der Waals surface area (Å²) in [4.78, 5) is 26.0. The van der Waals surface area contributed by atoms with Crippen molar-refractivity contribution in [1.29, 1.82) is 0 Å². The second-order valence-electron chi connectivity index (χ2n) is 6.52. The summed E-state index contributed by atoms with van der Waals surface area (Å²) in [7, 11) is 1.57. The van der Waals surface area contributed by atoms with E-state index in [9.17, 15) is 18.4 Å². The first-order valence-corrected chi connectivity index (χ1v) is 8.71. The van der Waals surface area contributed by atoms with Gasteiger partial charge < -0.3 is 14.8 Å². The van der Waals surface area contributed by atoms with E-state index < -0.39 is 29.1 Å². The molecule has 1 aliphatic rings. The Hall–Kier alpha value is -3.16. The number of halogens is 2. The number of methoxy groups -OCH3 is 1. The zero-order valence-corrected chi connectivity index (χ0v) is 15.5. The van der Waals surface area contributed by atoms with Crippen LogP contribution < -0.4 is 14.8 Å². The zero-order valence-electron chi connectivity index (χ0n) is 15.5. The van der Waals surface area contributed by atoms with Crippen molar-refractivity contribution in [3.63, 3.8) is 0 Å². The first-order chi connectivity index (χ1) is 13.3. The molecule has 3 rings (SSSR count). The van der Waals surface area contributed by atoms with Crippen LogP contribution in [-0.4, -0.2) is 37.1 Å². The summed E-state index contributed by atoms with van der Waals surface area (Å²) in [5.41, 5.74) is -1.26. The molecule has 0 aliphatic carbocycles. The molecule has 0 radical (unpaired) electrons. The number of ether oxygens (including phenoxy) is 2. The number of urea groups is 1. The largest absolute Gasteiger partial charge is 0.497 e. The Kier molecular flexibility index (Phi) is 5.48. The highest BCUT2D eigenvalue weighted by Crippen LogP contribution is 2.30. The van der Waals surface area contributed by atoms with Gasteiger partial charge in [0.1, 0.15) is 17.0 Å². The molecule has 0 bridgehead atoms. The van der Waals surface area contributed by atoms with E-state index in [0.29, 0.717) is 24.5 Å². The highest BCUT2D eigenvalue weighted by atomic mass is 19.2. The Bertz CT molecular complexity index is 888. The maximum Gasteiger partial charge on any atom is 0.325 e. The van der Waals surface area contributed by atoms with Gasteiger partial charge in [-0.25, -0.2) is 13.6 Å². The molecule has 0 saturated carbocycles. The van der Waals surface area contributed by atoms with Crippen LogP contribution in [0.5, 0.6) is 11.5 Å². The van der Waals surface area contributed by atoms with Gasteiger partial charge in [0.15, 0.2) is 11.6 Å². The van der Waals surface area contributed by atoms with Crippen molar-refractivity contribution in [1.82, 2.24) is 10.2 Å². The lowest BCUT2D eigenvalue weighted by Gasteiger charge is -2.22. The van der Waals surface area contributed by atoms with Crippen LogP contribution >= 0.6 is 0 Å². The Morgan fingerprint density at radius 2 is 1.71 bits per heavy atom. The van der Waals surface area contributed by atoms with Gasteiger partial charge in [-0.1, -0.05) is 6.07 Å². The number of nitrogens with zero attached hydrogens (tertiary/aromatic N) is 1. The van der Waals surface area contributed by atoms with E-state index in [0.717, 1.165) is 17.0 Å². The van der Waals surface area contributed by atoms with Gasteiger partial charge in [-0.3, -0.25) is 9.69 Å². The Morgan fingerprint density at radius 3 is 2.36 bits per heavy atom. The highest BCUT2D eigenvalue weighted by molar-refractivity contribution is 6.07. The summed E-state index contributed by atoms with van der Waals surface area (Å²) in [6.07, 6.45) is 0.416. The van der Waals surface area contributed by atoms with E-state index in [2.05, 4.69) is 5.32 Å². The fourth-order valence-electron chi connectivity index (χ4n) is 2.99. The third-order valence-corrected chi connectivity index (χ3v) is 4.63. The zero-order chi connectivity index (χ0) is 20.3. The molecule has 1 atom stereocenters. The molecular formula is C20H20F2N2O4. The fourth-order valence-corrected chi connectivity index (χ4v) is 2.99. The first kappa shape index (κ1) is 19.6. The molecule has 28 heavy (non-hydrogen) atoms. The van der Waals surface area contributed by atoms with Crippen LogP contribution in [0, 0.1) is 11.6 Å². The van der Waals surface area contributed by atoms with Gasteiger partial charge in [0, 0.05) is 6.54 Å². The summed E-state index contributed by atoms with van der Waals surface area (Å²) in [6.45, 7) is 1.90. The number of imide groups is 1. The lowest BCUT2D eigenvalue weighted by atomic mass is 9.92. The lowest BCUT2D eigenvalue weighted by molar-refractivity contribution is -0.131. The van der Waals surface area contributed by atoms with Gasteiger partial charge in [-0.15, -0.1) is 0 Å². The number of hydrogen-bond donors (Lipinski definition) is 1. The van der Waals surface area contributed by atoms with E-state index in [1.54, 1.807) is 31.4 Å². The molecule has 2 aromatic rings. The van der Waals surface area contributed by atoms with E-state index >= 15 is 0 Å². The maximum absolute atomic E-state index is 13.5. The molecule has 1 unspecified atom stereocenters. The number of nitrogens with one attached hydrogen (secondary N) is 1. The fraction of sp³-hybridized carbons (Fsp3) is 0.300. The maximum atomic E-state index is 13.5. The molecule has 1 heterocycles. The molecule has 0 aromatic heterocycles. The van der Waals surface area contributed by atoms with E-state index in [1.807, 2.05) is 0 Å². The number of hydrogen-bond acceptors (Lipinski definition) is 4. The minimum atomic E-state index is -1.44.